The Morgan fingerprint density at radius 3 is 2.09 bits per heavy atom. The summed E-state index contributed by atoms with van der Waals surface area (Å²) in [6.45, 7) is 1.65. The van der Waals surface area contributed by atoms with E-state index in [1.54, 1.807) is 6.92 Å². The minimum Gasteiger partial charge on any atom is -0.306 e. The van der Waals surface area contributed by atoms with Crippen molar-refractivity contribution in [2.45, 2.75) is 6.92 Å². The molecular weight excluding hydrogens is 167 g/mol. The van der Waals surface area contributed by atoms with Crippen LogP contribution in [0.5, 0.6) is 0 Å². The molecule has 4 nitrogen and oxygen atoms in total. The fraction of sp³-hybridized carbons (Fsp3) is 0.500. The predicted octanol–water partition coefficient (Wildman–Crippen LogP) is 1.57. The van der Waals surface area contributed by atoms with Gasteiger partial charge in [-0.1, -0.05) is 6.08 Å². The second-order valence-electron chi connectivity index (χ2n) is 1.70. The molecule has 0 saturated carbocycles. The molecular formula is C6H11O4P. The van der Waals surface area contributed by atoms with Crippen LogP contribution in [0.2, 0.25) is 0 Å². The van der Waals surface area contributed by atoms with Crippen LogP contribution in [0, 0.1) is 0 Å². The number of hydrogen-bond acceptors (Lipinski definition) is 4. The van der Waals surface area contributed by atoms with Crippen LogP contribution in [0.15, 0.2) is 12.2 Å². The summed E-state index contributed by atoms with van der Waals surface area (Å²) in [5.41, 5.74) is -0.634. The summed E-state index contributed by atoms with van der Waals surface area (Å²) in [7, 11) is -1.17. The van der Waals surface area contributed by atoms with Crippen LogP contribution in [0.4, 0.5) is 0 Å². The molecule has 0 unspecified atom stereocenters. The average molecular weight is 178 g/mol. The van der Waals surface area contributed by atoms with E-state index in [0.29, 0.717) is 0 Å². The molecule has 0 saturated heterocycles. The van der Waals surface area contributed by atoms with Gasteiger partial charge in [0, 0.05) is 14.2 Å². The minimum absolute atomic E-state index is 0.634. The number of carbonyl (C=O) groups is 1. The van der Waals surface area contributed by atoms with E-state index in [-0.39, 0.29) is 0 Å². The van der Waals surface area contributed by atoms with Gasteiger partial charge >= 0.3 is 7.60 Å². The van der Waals surface area contributed by atoms with Crippen molar-refractivity contribution in [3.8, 4) is 0 Å². The Bertz CT molecular complexity index is 201. The molecule has 0 N–H and O–H groups in total. The minimum atomic E-state index is -3.51. The Balaban J connectivity index is 4.52. The maximum atomic E-state index is 11.2. The van der Waals surface area contributed by atoms with E-state index < -0.39 is 13.1 Å². The molecule has 0 aliphatic carbocycles. The molecule has 0 aromatic rings. The van der Waals surface area contributed by atoms with E-state index in [0.717, 1.165) is 6.08 Å². The molecule has 0 aromatic heterocycles. The molecule has 11 heavy (non-hydrogen) atoms. The van der Waals surface area contributed by atoms with Crippen molar-refractivity contribution in [1.82, 2.24) is 0 Å². The van der Waals surface area contributed by atoms with Crippen LogP contribution in [-0.4, -0.2) is 19.7 Å². The highest BCUT2D eigenvalue weighted by Gasteiger charge is 2.29. The fourth-order valence-corrected chi connectivity index (χ4v) is 1.33. The Hall–Kier alpha value is -0.440. The Labute approximate surface area is 65.7 Å². The SMILES string of the molecule is CC=CC(=O)P(=O)(OC)OC. The first kappa shape index (κ1) is 10.6. The van der Waals surface area contributed by atoms with Crippen molar-refractivity contribution < 1.29 is 18.4 Å². The first-order chi connectivity index (χ1) is 5.10. The van der Waals surface area contributed by atoms with Crippen LogP contribution in [-0.2, 0) is 18.4 Å². The van der Waals surface area contributed by atoms with Crippen LogP contribution < -0.4 is 0 Å². The highest BCUT2D eigenvalue weighted by molar-refractivity contribution is 7.72. The predicted molar refractivity (Wildman–Crippen MR) is 41.4 cm³/mol. The van der Waals surface area contributed by atoms with E-state index in [1.165, 1.54) is 20.3 Å². The summed E-state index contributed by atoms with van der Waals surface area (Å²) >= 11 is 0. The van der Waals surface area contributed by atoms with Gasteiger partial charge in [-0.25, -0.2) is 0 Å². The van der Waals surface area contributed by atoms with Crippen molar-refractivity contribution >= 4 is 13.1 Å². The smallest absolute Gasteiger partial charge is 0.306 e. The lowest BCUT2D eigenvalue weighted by molar-refractivity contribution is -0.109. The highest BCUT2D eigenvalue weighted by atomic mass is 31.2. The van der Waals surface area contributed by atoms with Gasteiger partial charge < -0.3 is 9.05 Å². The zero-order valence-corrected chi connectivity index (χ0v) is 7.63. The lowest BCUT2D eigenvalue weighted by Crippen LogP contribution is -1.99. The van der Waals surface area contributed by atoms with Crippen LogP contribution in [0.25, 0.3) is 0 Å². The number of carbonyl (C=O) groups excluding carboxylic acids is 1. The van der Waals surface area contributed by atoms with Crippen LogP contribution >= 0.6 is 7.60 Å². The van der Waals surface area contributed by atoms with Gasteiger partial charge in [0.15, 0.2) is 0 Å². The van der Waals surface area contributed by atoms with Gasteiger partial charge in [-0.3, -0.25) is 9.36 Å². The largest absolute Gasteiger partial charge is 0.400 e. The van der Waals surface area contributed by atoms with Crippen molar-refractivity contribution in [2.75, 3.05) is 14.2 Å². The molecule has 0 fully saturated rings. The standard InChI is InChI=1S/C6H11O4P/c1-4-5-6(7)11(8,9-2)10-3/h4-5H,1-3H3. The lowest BCUT2D eigenvalue weighted by Gasteiger charge is -2.08. The number of allylic oxidation sites excluding steroid dienone is 2. The third-order valence-corrected chi connectivity index (χ3v) is 2.71. The van der Waals surface area contributed by atoms with E-state index in [9.17, 15) is 9.36 Å². The molecule has 0 amide bonds. The molecule has 0 bridgehead atoms. The van der Waals surface area contributed by atoms with Crippen molar-refractivity contribution in [2.24, 2.45) is 0 Å². The molecule has 0 heterocycles. The van der Waals surface area contributed by atoms with E-state index in [1.807, 2.05) is 0 Å². The molecule has 0 aromatic carbocycles. The van der Waals surface area contributed by atoms with Crippen molar-refractivity contribution in [3.63, 3.8) is 0 Å². The van der Waals surface area contributed by atoms with Gasteiger partial charge in [-0.2, -0.15) is 0 Å². The molecule has 64 valence electrons. The second kappa shape index (κ2) is 4.44. The third-order valence-electron chi connectivity index (χ3n) is 1.06. The molecule has 0 atom stereocenters. The quantitative estimate of drug-likeness (QED) is 0.484. The van der Waals surface area contributed by atoms with Crippen LogP contribution in [0.1, 0.15) is 6.92 Å². The zero-order chi connectivity index (χ0) is 8.91. The molecule has 0 aliphatic rings. The van der Waals surface area contributed by atoms with E-state index >= 15 is 0 Å². The van der Waals surface area contributed by atoms with E-state index in [2.05, 4.69) is 9.05 Å². The second-order valence-corrected chi connectivity index (χ2v) is 3.87. The summed E-state index contributed by atoms with van der Waals surface area (Å²) < 4.78 is 20.1. The van der Waals surface area contributed by atoms with Crippen molar-refractivity contribution in [3.05, 3.63) is 12.2 Å². The Morgan fingerprint density at radius 2 is 1.82 bits per heavy atom. The lowest BCUT2D eigenvalue weighted by atomic mass is 10.6. The van der Waals surface area contributed by atoms with Gasteiger partial charge in [-0.05, 0) is 13.0 Å². The number of hydrogen-bond donors (Lipinski definition) is 0. The summed E-state index contributed by atoms with van der Waals surface area (Å²) in [6.07, 6.45) is 2.64. The van der Waals surface area contributed by atoms with Gasteiger partial charge in [0.25, 0.3) is 5.52 Å². The maximum absolute atomic E-state index is 11.2. The van der Waals surface area contributed by atoms with Gasteiger partial charge in [0.05, 0.1) is 0 Å². The first-order valence-electron chi connectivity index (χ1n) is 2.99. The van der Waals surface area contributed by atoms with Crippen molar-refractivity contribution in [1.29, 1.82) is 0 Å². The normalized spacial score (nSPS) is 12.3. The number of rotatable bonds is 4. The first-order valence-corrected chi connectivity index (χ1v) is 4.53. The molecule has 0 spiro atoms. The van der Waals surface area contributed by atoms with Gasteiger partial charge in [0.1, 0.15) is 0 Å². The maximum Gasteiger partial charge on any atom is 0.400 e. The van der Waals surface area contributed by atoms with Gasteiger partial charge in [0.2, 0.25) is 0 Å². The Kier molecular flexibility index (Phi) is 4.26. The summed E-state index contributed by atoms with van der Waals surface area (Å²) in [5, 5.41) is 0. The fourth-order valence-electron chi connectivity index (χ4n) is 0.488. The summed E-state index contributed by atoms with van der Waals surface area (Å²) in [5.74, 6) is 0. The average Bonchev–Trinajstić information content (AvgIpc) is 2.03. The highest BCUT2D eigenvalue weighted by Crippen LogP contribution is 2.47. The molecule has 0 radical (unpaired) electrons. The summed E-state index contributed by atoms with van der Waals surface area (Å²) in [6, 6.07) is 0. The Morgan fingerprint density at radius 1 is 1.36 bits per heavy atom. The third kappa shape index (κ3) is 2.58. The van der Waals surface area contributed by atoms with Gasteiger partial charge in [-0.15, -0.1) is 0 Å². The monoisotopic (exact) mass is 178 g/mol. The zero-order valence-electron chi connectivity index (χ0n) is 6.73. The summed E-state index contributed by atoms with van der Waals surface area (Å²) in [4.78, 5) is 10.9. The molecule has 0 rings (SSSR count). The van der Waals surface area contributed by atoms with E-state index in [4.69, 9.17) is 0 Å². The molecule has 5 heteroatoms. The molecule has 0 aliphatic heterocycles. The van der Waals surface area contributed by atoms with Crippen LogP contribution in [0.3, 0.4) is 0 Å². The topological polar surface area (TPSA) is 52.6 Å².